The fraction of sp³-hybridized carbons (Fsp3) is 0.150. The summed E-state index contributed by atoms with van der Waals surface area (Å²) in [5, 5.41) is 2.42. The minimum absolute atomic E-state index is 0.146. The van der Waals surface area contributed by atoms with Gasteiger partial charge in [-0.25, -0.2) is 26.0 Å². The first-order chi connectivity index (χ1) is 46.0. The number of rotatable bonds is 12. The molecule has 0 radical (unpaired) electrons. The number of benzene rings is 8. The van der Waals surface area contributed by atoms with Crippen LogP contribution in [0.4, 0.5) is 11.6 Å². The Morgan fingerprint density at radius 1 is 0.417 bits per heavy atom. The highest BCUT2D eigenvalue weighted by atomic mass is 32.2. The Morgan fingerprint density at radius 2 is 0.750 bits per heavy atom. The number of nitrogens with zero attached hydrogens (tertiary/aromatic N) is 6. The SMILES string of the molecule is COc1ccc(-c2c(C=CC3=[N+](C)c4ncccc4C3(C)C)c3ccccc3n2-c2ccccc2)cc1.COc1ccc(-c2c(C=CC3=[N+](C)c4ncccc4C3(C)C)c3ccccc3n2-c2ccccc2)cc1.Cc1ccc(S(=O)(=O)[O-])cc1.Cc1ccc(S(=O)(=O)[O-])cc1. The van der Waals surface area contributed by atoms with Gasteiger partial charge in [0.15, 0.2) is 0 Å². The molecule has 0 fully saturated rings. The predicted molar refractivity (Wildman–Crippen MR) is 383 cm³/mol. The van der Waals surface area contributed by atoms with E-state index in [-0.39, 0.29) is 20.6 Å². The molecule has 0 bridgehead atoms. The standard InChI is InChI=1S/2C33H30N3O.2C7H8O3S/c2*1-33(2)28-14-10-22-34-32(28)35(3)30(33)21-20-27-26-13-8-9-15-29(26)36(24-11-6-5-7-12-24)31(27)23-16-18-25(37-4)19-17-23;2*1-6-2-4-7(5-3-6)11(8,9)10/h2*5-22H,1-4H3;2*2-5H,1H3,(H,8,9,10)/q2*+1;;/p-2. The van der Waals surface area contributed by atoms with E-state index in [0.29, 0.717) is 0 Å². The predicted octanol–water partition coefficient (Wildman–Crippen LogP) is 16.6. The van der Waals surface area contributed by atoms with Crippen molar-refractivity contribution < 1.29 is 44.6 Å². The Hall–Kier alpha value is -10.6. The summed E-state index contributed by atoms with van der Waals surface area (Å²) < 4.78 is 82.4. The summed E-state index contributed by atoms with van der Waals surface area (Å²) in [5.74, 6) is 3.74. The third-order valence-corrected chi connectivity index (χ3v) is 19.3. The average Bonchev–Trinajstić information content (AvgIpc) is 1.55. The van der Waals surface area contributed by atoms with Crippen molar-refractivity contribution in [2.24, 2.45) is 0 Å². The molecule has 12 aromatic rings. The van der Waals surface area contributed by atoms with Crippen molar-refractivity contribution in [3.8, 4) is 45.4 Å². The molecule has 0 aliphatic carbocycles. The van der Waals surface area contributed by atoms with Gasteiger partial charge in [-0.05, 0) is 220 Å². The zero-order valence-corrected chi connectivity index (χ0v) is 56.8. The molecule has 0 N–H and O–H groups in total. The van der Waals surface area contributed by atoms with E-state index in [9.17, 15) is 25.9 Å². The molecule has 8 aromatic carbocycles. The van der Waals surface area contributed by atoms with Crippen molar-refractivity contribution >= 4 is 77.3 Å². The highest BCUT2D eigenvalue weighted by molar-refractivity contribution is 7.86. The van der Waals surface area contributed by atoms with Gasteiger partial charge >= 0.3 is 11.6 Å². The number of aromatic nitrogens is 4. The Labute approximate surface area is 561 Å². The number of pyridine rings is 2. The number of ether oxygens (including phenoxy) is 2. The van der Waals surface area contributed by atoms with E-state index in [1.165, 1.54) is 79.7 Å². The molecule has 0 unspecified atom stereocenters. The van der Waals surface area contributed by atoms with Crippen LogP contribution in [0, 0.1) is 13.8 Å². The van der Waals surface area contributed by atoms with Crippen molar-refractivity contribution in [3.05, 3.63) is 288 Å². The Bertz CT molecular complexity index is 4860. The smallest absolute Gasteiger partial charge is 0.327 e. The molecule has 2 aliphatic rings. The molecule has 16 heteroatoms. The van der Waals surface area contributed by atoms with Gasteiger partial charge in [-0.15, -0.1) is 0 Å². The van der Waals surface area contributed by atoms with Crippen LogP contribution in [0.25, 0.3) is 67.8 Å². The number of methoxy groups -OCH3 is 2. The third kappa shape index (κ3) is 13.7. The maximum Gasteiger partial charge on any atom is 0.327 e. The summed E-state index contributed by atoms with van der Waals surface area (Å²) in [4.78, 5) is 8.99. The van der Waals surface area contributed by atoms with Gasteiger partial charge in [0, 0.05) is 33.3 Å². The van der Waals surface area contributed by atoms with E-state index < -0.39 is 20.2 Å². The van der Waals surface area contributed by atoms with E-state index in [0.717, 1.165) is 68.2 Å². The van der Waals surface area contributed by atoms with Gasteiger partial charge in [-0.2, -0.15) is 0 Å². The van der Waals surface area contributed by atoms with Crippen LogP contribution in [0.1, 0.15) is 61.1 Å². The van der Waals surface area contributed by atoms with Crippen LogP contribution in [0.15, 0.2) is 265 Å². The quantitative estimate of drug-likeness (QED) is 0.0845. The van der Waals surface area contributed by atoms with Crippen LogP contribution in [-0.4, -0.2) is 93.9 Å². The van der Waals surface area contributed by atoms with E-state index in [4.69, 9.17) is 9.47 Å². The summed E-state index contributed by atoms with van der Waals surface area (Å²) in [6.07, 6.45) is 12.8. The Kier molecular flexibility index (Phi) is 19.3. The van der Waals surface area contributed by atoms with E-state index in [1.807, 2.05) is 62.6 Å². The summed E-state index contributed by atoms with van der Waals surface area (Å²) >= 11 is 0. The number of allylic oxidation sites excluding steroid dienone is 2. The molecule has 0 atom stereocenters. The van der Waals surface area contributed by atoms with Crippen molar-refractivity contribution in [2.45, 2.75) is 62.2 Å². The zero-order valence-electron chi connectivity index (χ0n) is 55.2. The van der Waals surface area contributed by atoms with E-state index >= 15 is 0 Å². The average molecular weight is 1310 g/mol. The van der Waals surface area contributed by atoms with Crippen molar-refractivity contribution in [3.63, 3.8) is 0 Å². The van der Waals surface area contributed by atoms with Gasteiger partial charge in [-0.3, -0.25) is 0 Å². The zero-order chi connectivity index (χ0) is 68.1. The van der Waals surface area contributed by atoms with E-state index in [2.05, 4.69) is 240 Å². The lowest BCUT2D eigenvalue weighted by atomic mass is 9.82. The molecular formula is C80H74N6O8S2. The molecule has 96 heavy (non-hydrogen) atoms. The van der Waals surface area contributed by atoms with Gasteiger partial charge in [0.2, 0.25) is 0 Å². The fourth-order valence-electron chi connectivity index (χ4n) is 12.6. The van der Waals surface area contributed by atoms with Crippen LogP contribution in [0.5, 0.6) is 11.5 Å². The lowest BCUT2D eigenvalue weighted by Gasteiger charge is -2.17. The molecule has 4 aromatic heterocycles. The number of aryl methyl sites for hydroxylation is 2. The molecule has 0 amide bonds. The molecule has 2 aliphatic heterocycles. The normalized spacial score (nSPS) is 13.8. The van der Waals surface area contributed by atoms with Crippen molar-refractivity contribution in [1.82, 2.24) is 19.1 Å². The number of hydrogen-bond donors (Lipinski definition) is 0. The van der Waals surface area contributed by atoms with Crippen molar-refractivity contribution in [2.75, 3.05) is 28.3 Å². The second kappa shape index (κ2) is 27.8. The molecule has 0 saturated heterocycles. The van der Waals surface area contributed by atoms with Crippen LogP contribution >= 0.6 is 0 Å². The molecule has 6 heterocycles. The summed E-state index contributed by atoms with van der Waals surface area (Å²) in [6, 6.07) is 75.1. The molecule has 0 spiro atoms. The first-order valence-corrected chi connectivity index (χ1v) is 34.0. The van der Waals surface area contributed by atoms with Gasteiger partial charge in [0.05, 0.1) is 82.5 Å². The molecular weight excluding hydrogens is 1240 g/mol. The number of hydrogen-bond acceptors (Lipinski definition) is 10. The molecule has 484 valence electrons. The highest BCUT2D eigenvalue weighted by Gasteiger charge is 2.43. The maximum absolute atomic E-state index is 10.4. The Morgan fingerprint density at radius 3 is 1.07 bits per heavy atom. The minimum Gasteiger partial charge on any atom is -0.744 e. The van der Waals surface area contributed by atoms with Gasteiger partial charge in [0.25, 0.3) is 0 Å². The monoisotopic (exact) mass is 1310 g/mol. The van der Waals surface area contributed by atoms with Crippen LogP contribution in [-0.2, 0) is 31.1 Å². The van der Waals surface area contributed by atoms with Gasteiger partial charge in [-0.1, -0.05) is 108 Å². The second-order valence-corrected chi connectivity index (χ2v) is 27.2. The summed E-state index contributed by atoms with van der Waals surface area (Å²) in [7, 11) is -0.916. The summed E-state index contributed by atoms with van der Waals surface area (Å²) in [5.41, 5.74) is 18.1. The first kappa shape index (κ1) is 66.8. The largest absolute Gasteiger partial charge is 0.744 e. The number of para-hydroxylation sites is 4. The van der Waals surface area contributed by atoms with Crippen LogP contribution in [0.2, 0.25) is 0 Å². The lowest BCUT2D eigenvalue weighted by Crippen LogP contribution is -2.26. The van der Waals surface area contributed by atoms with E-state index in [1.54, 1.807) is 38.5 Å². The van der Waals surface area contributed by atoms with Crippen LogP contribution in [0.3, 0.4) is 0 Å². The lowest BCUT2D eigenvalue weighted by molar-refractivity contribution is -0.406. The highest BCUT2D eigenvalue weighted by Crippen LogP contribution is 2.43. The maximum atomic E-state index is 10.4. The fourth-order valence-corrected chi connectivity index (χ4v) is 13.6. The molecule has 14 rings (SSSR count). The van der Waals surface area contributed by atoms with Gasteiger partial charge in [0.1, 0.15) is 55.6 Å². The summed E-state index contributed by atoms with van der Waals surface area (Å²) in [6.45, 7) is 12.7. The van der Waals surface area contributed by atoms with Gasteiger partial charge < -0.3 is 27.7 Å². The van der Waals surface area contributed by atoms with Crippen molar-refractivity contribution in [1.29, 1.82) is 0 Å². The molecule has 14 nitrogen and oxygen atoms in total. The third-order valence-electron chi connectivity index (χ3n) is 17.6. The molecule has 0 saturated carbocycles. The van der Waals surface area contributed by atoms with Crippen LogP contribution < -0.4 is 9.47 Å². The Balaban J connectivity index is 0.000000149. The minimum atomic E-state index is -4.27. The second-order valence-electron chi connectivity index (χ2n) is 24.4. The number of fused-ring (bicyclic) bond motifs is 4. The topological polar surface area (TPSA) is 175 Å². The first-order valence-electron chi connectivity index (χ1n) is 31.2.